The molecule has 284 valence electrons. The minimum absolute atomic E-state index is 0.282. The Hall–Kier alpha value is -5.81. The van der Waals surface area contributed by atoms with Crippen molar-refractivity contribution in [1.82, 2.24) is 19.9 Å². The van der Waals surface area contributed by atoms with E-state index in [1.807, 2.05) is 12.4 Å². The molecule has 0 saturated carbocycles. The lowest BCUT2D eigenvalue weighted by Gasteiger charge is -2.42. The predicted molar refractivity (Wildman–Crippen MR) is 232 cm³/mol. The van der Waals surface area contributed by atoms with E-state index in [0.717, 1.165) is 60.0 Å². The minimum atomic E-state index is -0.622. The molecule has 2 unspecified atom stereocenters. The number of nitrogens with one attached hydrogen (secondary N) is 2. The SMILES string of the molecule is CCCCCCCC(C)c1nc(CCCc2ccccc2)cc(-c2ccc(NC(c3ncc[nH]3)C(c3ccccc3)(c3ccccc3)c3ccccc3)cc2)n1. The fourth-order valence-electron chi connectivity index (χ4n) is 8.14. The van der Waals surface area contributed by atoms with Crippen molar-refractivity contribution in [3.8, 4) is 11.3 Å². The summed E-state index contributed by atoms with van der Waals surface area (Å²) in [6.07, 6.45) is 14.2. The van der Waals surface area contributed by atoms with E-state index in [1.54, 1.807) is 0 Å². The van der Waals surface area contributed by atoms with Crippen LogP contribution in [0.15, 0.2) is 164 Å². The van der Waals surface area contributed by atoms with Gasteiger partial charge in [0.05, 0.1) is 11.1 Å². The molecule has 2 aromatic heterocycles. The van der Waals surface area contributed by atoms with E-state index >= 15 is 0 Å². The zero-order chi connectivity index (χ0) is 38.4. The Bertz CT molecular complexity index is 2070. The number of hydrogen-bond donors (Lipinski definition) is 2. The molecule has 5 nitrogen and oxygen atoms in total. The summed E-state index contributed by atoms with van der Waals surface area (Å²) < 4.78 is 0. The van der Waals surface area contributed by atoms with Gasteiger partial charge in [-0.15, -0.1) is 0 Å². The Morgan fingerprint density at radius 1 is 0.625 bits per heavy atom. The number of aryl methyl sites for hydroxylation is 2. The topological polar surface area (TPSA) is 66.5 Å². The maximum Gasteiger partial charge on any atom is 0.132 e. The molecule has 0 aliphatic heterocycles. The van der Waals surface area contributed by atoms with E-state index in [0.29, 0.717) is 5.92 Å². The third kappa shape index (κ3) is 9.17. The summed E-state index contributed by atoms with van der Waals surface area (Å²) in [6, 6.07) is 53.9. The summed E-state index contributed by atoms with van der Waals surface area (Å²) in [6.45, 7) is 4.57. The number of aromatic nitrogens is 4. The van der Waals surface area contributed by atoms with Crippen molar-refractivity contribution >= 4 is 5.69 Å². The third-order valence-corrected chi connectivity index (χ3v) is 11.1. The molecule has 2 N–H and O–H groups in total. The van der Waals surface area contributed by atoms with Crippen LogP contribution in [0.25, 0.3) is 11.3 Å². The molecular weight excluding hydrogens is 683 g/mol. The minimum Gasteiger partial charge on any atom is -0.374 e. The van der Waals surface area contributed by atoms with E-state index < -0.39 is 5.41 Å². The van der Waals surface area contributed by atoms with Crippen LogP contribution in [-0.4, -0.2) is 19.9 Å². The van der Waals surface area contributed by atoms with Gasteiger partial charge in [-0.3, -0.25) is 0 Å². The second kappa shape index (κ2) is 19.2. The van der Waals surface area contributed by atoms with Crippen molar-refractivity contribution in [2.75, 3.05) is 5.32 Å². The number of unbranched alkanes of at least 4 members (excludes halogenated alkanes) is 4. The smallest absolute Gasteiger partial charge is 0.132 e. The lowest BCUT2D eigenvalue weighted by molar-refractivity contribution is 0.503. The Labute approximate surface area is 333 Å². The molecule has 2 heterocycles. The summed E-state index contributed by atoms with van der Waals surface area (Å²) in [4.78, 5) is 18.8. The molecule has 0 bridgehead atoms. The molecule has 5 aromatic carbocycles. The lowest BCUT2D eigenvalue weighted by Crippen LogP contribution is -2.41. The van der Waals surface area contributed by atoms with Crippen molar-refractivity contribution in [2.24, 2.45) is 0 Å². The first-order chi connectivity index (χ1) is 27.6. The van der Waals surface area contributed by atoms with Crippen LogP contribution in [0.2, 0.25) is 0 Å². The summed E-state index contributed by atoms with van der Waals surface area (Å²) in [5.74, 6) is 2.13. The van der Waals surface area contributed by atoms with Gasteiger partial charge >= 0.3 is 0 Å². The van der Waals surface area contributed by atoms with E-state index in [9.17, 15) is 0 Å². The molecule has 7 rings (SSSR count). The van der Waals surface area contributed by atoms with Gasteiger partial charge in [-0.2, -0.15) is 0 Å². The van der Waals surface area contributed by atoms with Gasteiger partial charge in [0.15, 0.2) is 0 Å². The Kier molecular flexibility index (Phi) is 13.2. The highest BCUT2D eigenvalue weighted by atomic mass is 15.0. The second-order valence-corrected chi connectivity index (χ2v) is 15.1. The van der Waals surface area contributed by atoms with E-state index in [2.05, 4.69) is 176 Å². The van der Waals surface area contributed by atoms with Crippen LogP contribution >= 0.6 is 0 Å². The van der Waals surface area contributed by atoms with E-state index in [-0.39, 0.29) is 6.04 Å². The quantitative estimate of drug-likeness (QED) is 0.0641. The van der Waals surface area contributed by atoms with Gasteiger partial charge < -0.3 is 10.3 Å². The van der Waals surface area contributed by atoms with Crippen LogP contribution in [0.4, 0.5) is 5.69 Å². The maximum absolute atomic E-state index is 5.23. The Balaban J connectivity index is 1.22. The van der Waals surface area contributed by atoms with Crippen molar-refractivity contribution < 1.29 is 0 Å². The maximum atomic E-state index is 5.23. The van der Waals surface area contributed by atoms with Gasteiger partial charge in [-0.05, 0) is 66.1 Å². The van der Waals surface area contributed by atoms with Crippen LogP contribution in [-0.2, 0) is 18.3 Å². The standard InChI is InChI=1S/C51H55N5/c1-3-4-5-6-11-21-39(2)49-55-46(31-20-24-40-22-12-7-13-23-40)38-47(56-49)41-32-34-45(35-33-41)54-48(50-52-36-37-53-50)51(42-25-14-8-15-26-42,43-27-16-9-17-28-43)44-29-18-10-19-30-44/h7-10,12-19,22-23,25-30,32-39,48,54H,3-6,11,20-21,24,31H2,1-2H3,(H,52,53). The van der Waals surface area contributed by atoms with Gasteiger partial charge in [0.25, 0.3) is 0 Å². The number of imidazole rings is 1. The van der Waals surface area contributed by atoms with Gasteiger partial charge in [-0.1, -0.05) is 179 Å². The lowest BCUT2D eigenvalue weighted by atomic mass is 9.64. The summed E-state index contributed by atoms with van der Waals surface area (Å²) in [5.41, 5.74) is 8.48. The first-order valence-corrected chi connectivity index (χ1v) is 20.6. The normalized spacial score (nSPS) is 12.6. The van der Waals surface area contributed by atoms with Crippen LogP contribution in [0.3, 0.4) is 0 Å². The number of nitrogens with zero attached hydrogens (tertiary/aromatic N) is 3. The number of H-pyrrole nitrogens is 1. The zero-order valence-corrected chi connectivity index (χ0v) is 32.9. The molecule has 0 saturated heterocycles. The third-order valence-electron chi connectivity index (χ3n) is 11.1. The highest BCUT2D eigenvalue weighted by molar-refractivity contribution is 5.64. The van der Waals surface area contributed by atoms with Gasteiger partial charge in [-0.25, -0.2) is 15.0 Å². The summed E-state index contributed by atoms with van der Waals surface area (Å²) >= 11 is 0. The van der Waals surface area contributed by atoms with E-state index in [1.165, 1.54) is 54.4 Å². The molecule has 0 radical (unpaired) electrons. The largest absolute Gasteiger partial charge is 0.374 e. The highest BCUT2D eigenvalue weighted by Gasteiger charge is 2.46. The van der Waals surface area contributed by atoms with Gasteiger partial charge in [0.2, 0.25) is 0 Å². The number of anilines is 1. The molecule has 56 heavy (non-hydrogen) atoms. The molecule has 7 aromatic rings. The average Bonchev–Trinajstić information content (AvgIpc) is 3.80. The van der Waals surface area contributed by atoms with Gasteiger partial charge in [0.1, 0.15) is 17.7 Å². The van der Waals surface area contributed by atoms with Crippen LogP contribution in [0, 0.1) is 0 Å². The fourth-order valence-corrected chi connectivity index (χ4v) is 8.14. The Morgan fingerprint density at radius 2 is 1.21 bits per heavy atom. The van der Waals surface area contributed by atoms with Crippen LogP contribution < -0.4 is 5.32 Å². The van der Waals surface area contributed by atoms with Crippen LogP contribution in [0.5, 0.6) is 0 Å². The molecule has 2 atom stereocenters. The van der Waals surface area contributed by atoms with Crippen molar-refractivity contribution in [2.45, 2.75) is 89.0 Å². The van der Waals surface area contributed by atoms with Crippen molar-refractivity contribution in [3.05, 3.63) is 204 Å². The molecule has 0 amide bonds. The molecule has 0 fully saturated rings. The van der Waals surface area contributed by atoms with Crippen molar-refractivity contribution in [1.29, 1.82) is 0 Å². The van der Waals surface area contributed by atoms with Crippen molar-refractivity contribution in [3.63, 3.8) is 0 Å². The summed E-state index contributed by atoms with van der Waals surface area (Å²) in [7, 11) is 0. The number of rotatable bonds is 19. The second-order valence-electron chi connectivity index (χ2n) is 15.1. The molecule has 0 spiro atoms. The average molecular weight is 738 g/mol. The molecular formula is C51H55N5. The first-order valence-electron chi connectivity index (χ1n) is 20.6. The predicted octanol–water partition coefficient (Wildman–Crippen LogP) is 12.7. The molecule has 0 aliphatic carbocycles. The highest BCUT2D eigenvalue weighted by Crippen LogP contribution is 2.49. The van der Waals surface area contributed by atoms with Crippen LogP contribution in [0.1, 0.15) is 110 Å². The van der Waals surface area contributed by atoms with Gasteiger partial charge in [0, 0.05) is 35.3 Å². The Morgan fingerprint density at radius 3 is 1.79 bits per heavy atom. The first kappa shape index (κ1) is 38.5. The number of benzene rings is 5. The molecule has 5 heteroatoms. The zero-order valence-electron chi connectivity index (χ0n) is 32.9. The van der Waals surface area contributed by atoms with E-state index in [4.69, 9.17) is 15.0 Å². The fraction of sp³-hybridized carbons (Fsp3) is 0.275. The number of aromatic amines is 1. The number of hydrogen-bond acceptors (Lipinski definition) is 4. The summed E-state index contributed by atoms with van der Waals surface area (Å²) in [5, 5.41) is 3.99. The molecule has 0 aliphatic rings. The monoisotopic (exact) mass is 737 g/mol.